The Labute approximate surface area is 217 Å². The third-order valence-corrected chi connectivity index (χ3v) is 6.28. The van der Waals surface area contributed by atoms with Gasteiger partial charge in [-0.25, -0.2) is 9.37 Å². The van der Waals surface area contributed by atoms with E-state index < -0.39 is 0 Å². The van der Waals surface area contributed by atoms with Crippen molar-refractivity contribution in [1.29, 1.82) is 5.26 Å². The van der Waals surface area contributed by atoms with Gasteiger partial charge in [-0.1, -0.05) is 12.1 Å². The minimum absolute atomic E-state index is 0.0140. The molecular weight excluding hydrogens is 471 g/mol. The largest absolute Gasteiger partial charge is 0.493 e. The molecule has 1 aliphatic rings. The lowest BCUT2D eigenvalue weighted by molar-refractivity contribution is 0.325. The predicted molar refractivity (Wildman–Crippen MR) is 142 cm³/mol. The summed E-state index contributed by atoms with van der Waals surface area (Å²) in [5, 5.41) is 12.2. The molecule has 0 saturated carbocycles. The highest BCUT2D eigenvalue weighted by Crippen LogP contribution is 2.41. The molecule has 4 rings (SSSR count). The number of aromatic nitrogens is 1. The number of rotatable bonds is 11. The van der Waals surface area contributed by atoms with Gasteiger partial charge in [-0.15, -0.1) is 0 Å². The number of piperidine rings is 1. The van der Waals surface area contributed by atoms with Crippen LogP contribution in [-0.4, -0.2) is 43.9 Å². The molecule has 1 fully saturated rings. The average Bonchev–Trinajstić information content (AvgIpc) is 2.92. The highest BCUT2D eigenvalue weighted by molar-refractivity contribution is 5.77. The number of benzene rings is 2. The molecule has 1 aromatic heterocycles. The van der Waals surface area contributed by atoms with Gasteiger partial charge in [-0.05, 0) is 87.3 Å². The van der Waals surface area contributed by atoms with Crippen molar-refractivity contribution in [2.75, 3.05) is 37.8 Å². The van der Waals surface area contributed by atoms with Crippen LogP contribution in [0, 0.1) is 17.1 Å². The number of pyridine rings is 1. The van der Waals surface area contributed by atoms with Crippen LogP contribution in [-0.2, 0) is 6.54 Å². The molecular formula is C29H33FN4O3. The van der Waals surface area contributed by atoms with Crippen molar-refractivity contribution in [2.24, 2.45) is 0 Å². The van der Waals surface area contributed by atoms with Gasteiger partial charge in [0.25, 0.3) is 0 Å². The number of anilines is 1. The zero-order valence-corrected chi connectivity index (χ0v) is 21.4. The topological polar surface area (TPSA) is 79.6 Å². The number of halogens is 1. The maximum Gasteiger partial charge on any atom is 0.174 e. The van der Waals surface area contributed by atoms with Crippen LogP contribution in [0.4, 0.5) is 10.2 Å². The number of nitrogens with zero attached hydrogens (tertiary/aromatic N) is 3. The summed E-state index contributed by atoms with van der Waals surface area (Å²) in [6, 6.07) is 16.6. The first-order chi connectivity index (χ1) is 18.1. The van der Waals surface area contributed by atoms with Gasteiger partial charge in [0.1, 0.15) is 35.0 Å². The molecule has 7 nitrogen and oxygen atoms in total. The number of nitriles is 1. The molecule has 0 atom stereocenters. The van der Waals surface area contributed by atoms with Crippen LogP contribution >= 0.6 is 0 Å². The molecule has 1 saturated heterocycles. The monoisotopic (exact) mass is 504 g/mol. The zero-order chi connectivity index (χ0) is 26.0. The van der Waals surface area contributed by atoms with Crippen molar-refractivity contribution in [3.63, 3.8) is 0 Å². The van der Waals surface area contributed by atoms with Crippen molar-refractivity contribution in [3.8, 4) is 34.4 Å². The predicted octanol–water partition coefficient (Wildman–Crippen LogP) is 5.35. The van der Waals surface area contributed by atoms with Gasteiger partial charge >= 0.3 is 0 Å². The van der Waals surface area contributed by atoms with Crippen molar-refractivity contribution < 1.29 is 18.6 Å². The second-order valence-corrected chi connectivity index (χ2v) is 8.75. The molecule has 0 unspecified atom stereocenters. The molecule has 8 heteroatoms. The number of nitrogens with one attached hydrogen (secondary N) is 1. The fourth-order valence-corrected chi connectivity index (χ4v) is 4.63. The van der Waals surface area contributed by atoms with Gasteiger partial charge in [0.2, 0.25) is 0 Å². The molecule has 37 heavy (non-hydrogen) atoms. The van der Waals surface area contributed by atoms with Gasteiger partial charge in [0.05, 0.1) is 25.0 Å². The maximum atomic E-state index is 13.6. The maximum absolute atomic E-state index is 13.6. The highest BCUT2D eigenvalue weighted by Gasteiger charge is 2.24. The number of ether oxygens (including phenoxy) is 3. The Morgan fingerprint density at radius 2 is 1.68 bits per heavy atom. The van der Waals surface area contributed by atoms with Gasteiger partial charge < -0.3 is 24.4 Å². The first kappa shape index (κ1) is 26.2. The van der Waals surface area contributed by atoms with Crippen molar-refractivity contribution in [3.05, 3.63) is 66.1 Å². The third-order valence-electron chi connectivity index (χ3n) is 6.28. The molecule has 1 aliphatic heterocycles. The quantitative estimate of drug-likeness (QED) is 0.377. The molecule has 0 amide bonds. The minimum atomic E-state index is -0.287. The summed E-state index contributed by atoms with van der Waals surface area (Å²) in [4.78, 5) is 6.98. The summed E-state index contributed by atoms with van der Waals surface area (Å²) >= 11 is 0. The van der Waals surface area contributed by atoms with Crippen LogP contribution in [0.15, 0.2) is 54.7 Å². The lowest BCUT2D eigenvalue weighted by Crippen LogP contribution is -2.43. The van der Waals surface area contributed by atoms with Crippen molar-refractivity contribution in [2.45, 2.75) is 39.3 Å². The zero-order valence-electron chi connectivity index (χ0n) is 21.4. The summed E-state index contributed by atoms with van der Waals surface area (Å²) < 4.78 is 31.2. The summed E-state index contributed by atoms with van der Waals surface area (Å²) in [6.45, 7) is 7.37. The van der Waals surface area contributed by atoms with Crippen LogP contribution < -0.4 is 24.4 Å². The fraction of sp³-hybridized carbons (Fsp3) is 0.379. The Balaban J connectivity index is 1.71. The van der Waals surface area contributed by atoms with Crippen LogP contribution in [0.25, 0.3) is 11.1 Å². The summed E-state index contributed by atoms with van der Waals surface area (Å²) in [6.07, 6.45) is 3.66. The van der Waals surface area contributed by atoms with E-state index in [4.69, 9.17) is 19.5 Å². The molecule has 0 spiro atoms. The Morgan fingerprint density at radius 1 is 1.00 bits per heavy atom. The number of hydrogen-bond donors (Lipinski definition) is 1. The molecule has 0 aliphatic carbocycles. The first-order valence-electron chi connectivity index (χ1n) is 12.7. The van der Waals surface area contributed by atoms with Gasteiger partial charge in [-0.3, -0.25) is 0 Å². The van der Waals surface area contributed by atoms with E-state index in [1.54, 1.807) is 18.3 Å². The molecule has 2 heterocycles. The first-order valence-corrected chi connectivity index (χ1v) is 12.7. The third kappa shape index (κ3) is 6.69. The molecule has 1 N–H and O–H groups in total. The van der Waals surface area contributed by atoms with Gasteiger partial charge in [-0.2, -0.15) is 5.26 Å². The van der Waals surface area contributed by atoms with E-state index in [9.17, 15) is 4.39 Å². The molecule has 0 bridgehead atoms. The Bertz CT molecular complexity index is 1160. The second kappa shape index (κ2) is 12.9. The summed E-state index contributed by atoms with van der Waals surface area (Å²) in [7, 11) is 0. The molecule has 0 radical (unpaired) electrons. The van der Waals surface area contributed by atoms with Crippen LogP contribution in [0.5, 0.6) is 17.2 Å². The lowest BCUT2D eigenvalue weighted by atomic mass is 9.99. The Kier molecular flexibility index (Phi) is 9.17. The molecule has 3 aromatic rings. The van der Waals surface area contributed by atoms with Crippen molar-refractivity contribution in [1.82, 2.24) is 10.3 Å². The fourth-order valence-electron chi connectivity index (χ4n) is 4.63. The minimum Gasteiger partial charge on any atom is -0.493 e. The van der Waals surface area contributed by atoms with Crippen LogP contribution in [0.1, 0.15) is 32.3 Å². The summed E-state index contributed by atoms with van der Waals surface area (Å²) in [5.74, 6) is 2.53. The Morgan fingerprint density at radius 3 is 2.24 bits per heavy atom. The van der Waals surface area contributed by atoms with Crippen LogP contribution in [0.2, 0.25) is 0 Å². The lowest BCUT2D eigenvalue weighted by Gasteiger charge is -2.36. The normalized spacial score (nSPS) is 13.6. The number of hydrogen-bond acceptors (Lipinski definition) is 7. The van der Waals surface area contributed by atoms with E-state index in [1.165, 1.54) is 12.1 Å². The van der Waals surface area contributed by atoms with Crippen LogP contribution in [0.3, 0.4) is 0 Å². The average molecular weight is 505 g/mol. The van der Waals surface area contributed by atoms with E-state index in [-0.39, 0.29) is 12.4 Å². The van der Waals surface area contributed by atoms with E-state index >= 15 is 0 Å². The van der Waals surface area contributed by atoms with E-state index in [2.05, 4.69) is 15.2 Å². The van der Waals surface area contributed by atoms with Gasteiger partial charge in [0.15, 0.2) is 6.61 Å². The molecule has 194 valence electrons. The Hall–Kier alpha value is -3.83. The highest BCUT2D eigenvalue weighted by atomic mass is 19.1. The molecule has 2 aromatic carbocycles. The SMILES string of the molecule is CCOc1cc(CN(c2ccc(OCC#N)cn2)C2CCNCC2)cc(OCC)c1-c1ccc(F)cc1. The smallest absolute Gasteiger partial charge is 0.174 e. The van der Waals surface area contributed by atoms with E-state index in [0.717, 1.165) is 48.4 Å². The van der Waals surface area contributed by atoms with E-state index in [1.807, 2.05) is 44.2 Å². The second-order valence-electron chi connectivity index (χ2n) is 8.75. The standard InChI is InChI=1S/C29H33FN4O3/c1-3-35-26-17-21(18-27(36-4-2)29(26)22-5-7-23(30)8-6-22)20-34(24-11-14-32-15-12-24)28-10-9-25(19-33-28)37-16-13-31/h5-10,17-19,24,32H,3-4,11-12,14-16,20H2,1-2H3. The summed E-state index contributed by atoms with van der Waals surface area (Å²) in [5.41, 5.74) is 2.69. The van der Waals surface area contributed by atoms with E-state index in [0.29, 0.717) is 43.0 Å². The van der Waals surface area contributed by atoms with Crippen molar-refractivity contribution >= 4 is 5.82 Å². The van der Waals surface area contributed by atoms with Gasteiger partial charge in [0, 0.05) is 12.6 Å².